The van der Waals surface area contributed by atoms with Crippen LogP contribution in [-0.2, 0) is 19.6 Å². The van der Waals surface area contributed by atoms with Gasteiger partial charge >= 0.3 is 0 Å². The number of sulfonamides is 1. The van der Waals surface area contributed by atoms with Crippen LogP contribution in [0.5, 0.6) is 0 Å². The van der Waals surface area contributed by atoms with E-state index in [2.05, 4.69) is 10.6 Å². The lowest BCUT2D eigenvalue weighted by Gasteiger charge is -2.34. The minimum absolute atomic E-state index is 0.123. The number of rotatable bonds is 7. The van der Waals surface area contributed by atoms with Crippen molar-refractivity contribution < 1.29 is 22.7 Å². The molecule has 1 aromatic carbocycles. The van der Waals surface area contributed by atoms with E-state index in [-0.39, 0.29) is 29.6 Å². The summed E-state index contributed by atoms with van der Waals surface area (Å²) in [5, 5.41) is 5.18. The zero-order valence-electron chi connectivity index (χ0n) is 15.9. The van der Waals surface area contributed by atoms with Crippen LogP contribution in [0.15, 0.2) is 29.2 Å². The molecule has 2 atom stereocenters. The summed E-state index contributed by atoms with van der Waals surface area (Å²) in [6.07, 6.45) is 0.468. The third-order valence-corrected chi connectivity index (χ3v) is 5.97. The summed E-state index contributed by atoms with van der Waals surface area (Å²) < 4.78 is 32.6. The van der Waals surface area contributed by atoms with Crippen molar-refractivity contribution >= 4 is 21.8 Å². The fourth-order valence-corrected chi connectivity index (χ4v) is 4.43. The predicted octanol–water partition coefficient (Wildman–Crippen LogP) is 0.741. The van der Waals surface area contributed by atoms with E-state index in [4.69, 9.17) is 4.74 Å². The van der Waals surface area contributed by atoms with Gasteiger partial charge in [0, 0.05) is 25.2 Å². The molecule has 2 rings (SSSR count). The van der Waals surface area contributed by atoms with Crippen LogP contribution in [0.1, 0.15) is 37.6 Å². The van der Waals surface area contributed by atoms with Crippen LogP contribution >= 0.6 is 0 Å². The van der Waals surface area contributed by atoms with Gasteiger partial charge in [0.2, 0.25) is 15.9 Å². The van der Waals surface area contributed by atoms with Crippen molar-refractivity contribution in [3.63, 3.8) is 0 Å². The molecule has 0 aromatic heterocycles. The molecule has 1 fully saturated rings. The molecular weight excluding hydrogens is 370 g/mol. The fourth-order valence-electron chi connectivity index (χ4n) is 2.84. The van der Waals surface area contributed by atoms with Crippen LogP contribution in [0.3, 0.4) is 0 Å². The summed E-state index contributed by atoms with van der Waals surface area (Å²) in [6, 6.07) is 5.71. The summed E-state index contributed by atoms with van der Waals surface area (Å²) in [4.78, 5) is 23.8. The minimum Gasteiger partial charge on any atom is -0.373 e. The van der Waals surface area contributed by atoms with Crippen LogP contribution in [0, 0.1) is 0 Å². The summed E-state index contributed by atoms with van der Waals surface area (Å²) in [6.45, 7) is 6.63. The molecule has 0 spiro atoms. The Morgan fingerprint density at radius 3 is 2.26 bits per heavy atom. The van der Waals surface area contributed by atoms with E-state index in [9.17, 15) is 18.0 Å². The normalized spacial score (nSPS) is 20.9. The first-order valence-corrected chi connectivity index (χ1v) is 10.5. The van der Waals surface area contributed by atoms with Crippen molar-refractivity contribution in [1.29, 1.82) is 0 Å². The van der Waals surface area contributed by atoms with Gasteiger partial charge in [0.25, 0.3) is 5.91 Å². The maximum atomic E-state index is 12.8. The van der Waals surface area contributed by atoms with Gasteiger partial charge in [-0.25, -0.2) is 8.42 Å². The number of amides is 2. The lowest BCUT2D eigenvalue weighted by molar-refractivity contribution is -0.120. The molecule has 9 heteroatoms. The van der Waals surface area contributed by atoms with Gasteiger partial charge in [0.15, 0.2) is 0 Å². The Kier molecular flexibility index (Phi) is 7.34. The van der Waals surface area contributed by atoms with Crippen molar-refractivity contribution in [2.45, 2.75) is 44.3 Å². The van der Waals surface area contributed by atoms with Crippen LogP contribution in [0.25, 0.3) is 0 Å². The number of carbonyl (C=O) groups excluding carboxylic acids is 2. The monoisotopic (exact) mass is 397 g/mol. The molecular formula is C18H27N3O5S. The van der Waals surface area contributed by atoms with E-state index >= 15 is 0 Å². The second-order valence-electron chi connectivity index (χ2n) is 6.64. The molecule has 1 heterocycles. The van der Waals surface area contributed by atoms with Crippen molar-refractivity contribution in [1.82, 2.24) is 14.9 Å². The van der Waals surface area contributed by atoms with Gasteiger partial charge in [0.1, 0.15) is 0 Å². The lowest BCUT2D eigenvalue weighted by Crippen LogP contribution is -2.48. The van der Waals surface area contributed by atoms with Crippen molar-refractivity contribution in [3.8, 4) is 0 Å². The van der Waals surface area contributed by atoms with E-state index < -0.39 is 15.9 Å². The molecule has 150 valence electrons. The standard InChI is InChI=1S/C18H27N3O5S/c1-4-9-19-17(22)10-20-18(23)15-5-7-16(8-6-15)27(24,25)21-11-13(2)26-14(3)12-21/h5-8,13-14H,4,9-12H2,1-3H3,(H,19,22)(H,20,23)/t13-,14-/m1/s1. The molecule has 0 bridgehead atoms. The highest BCUT2D eigenvalue weighted by atomic mass is 32.2. The van der Waals surface area contributed by atoms with Gasteiger partial charge < -0.3 is 15.4 Å². The van der Waals surface area contributed by atoms with Crippen LogP contribution < -0.4 is 10.6 Å². The largest absolute Gasteiger partial charge is 0.373 e. The number of morpholine rings is 1. The smallest absolute Gasteiger partial charge is 0.251 e. The molecule has 2 amide bonds. The second-order valence-corrected chi connectivity index (χ2v) is 8.57. The highest BCUT2D eigenvalue weighted by Crippen LogP contribution is 2.21. The van der Waals surface area contributed by atoms with E-state index in [1.807, 2.05) is 20.8 Å². The Balaban J connectivity index is 2.01. The Hall–Kier alpha value is -1.97. The summed E-state index contributed by atoms with van der Waals surface area (Å²) in [5.41, 5.74) is 0.293. The van der Waals surface area contributed by atoms with Crippen LogP contribution in [0.2, 0.25) is 0 Å². The second kappa shape index (κ2) is 9.29. The van der Waals surface area contributed by atoms with Gasteiger partial charge in [-0.1, -0.05) is 6.92 Å². The van der Waals surface area contributed by atoms with E-state index in [1.165, 1.54) is 28.6 Å². The maximum absolute atomic E-state index is 12.8. The Morgan fingerprint density at radius 1 is 1.11 bits per heavy atom. The first kappa shape index (κ1) is 21.3. The Bertz CT molecular complexity index is 754. The number of hydrogen-bond donors (Lipinski definition) is 2. The third kappa shape index (κ3) is 5.75. The minimum atomic E-state index is -3.65. The molecule has 0 aliphatic carbocycles. The topological polar surface area (TPSA) is 105 Å². The fraction of sp³-hybridized carbons (Fsp3) is 0.556. The number of hydrogen-bond acceptors (Lipinski definition) is 5. The van der Waals surface area contributed by atoms with Gasteiger partial charge in [-0.2, -0.15) is 4.31 Å². The highest BCUT2D eigenvalue weighted by Gasteiger charge is 2.32. The van der Waals surface area contributed by atoms with Crippen molar-refractivity contribution in [2.75, 3.05) is 26.2 Å². The number of ether oxygens (including phenoxy) is 1. The van der Waals surface area contributed by atoms with Crippen molar-refractivity contribution in [2.24, 2.45) is 0 Å². The molecule has 1 aliphatic rings. The van der Waals surface area contributed by atoms with E-state index in [1.54, 1.807) is 0 Å². The average Bonchev–Trinajstić information content (AvgIpc) is 2.63. The molecule has 27 heavy (non-hydrogen) atoms. The van der Waals surface area contributed by atoms with E-state index in [0.29, 0.717) is 25.2 Å². The zero-order valence-corrected chi connectivity index (χ0v) is 16.7. The molecule has 0 unspecified atom stereocenters. The summed E-state index contributed by atoms with van der Waals surface area (Å²) >= 11 is 0. The Morgan fingerprint density at radius 2 is 1.70 bits per heavy atom. The molecule has 1 aliphatic heterocycles. The van der Waals surface area contributed by atoms with Gasteiger partial charge in [0.05, 0.1) is 23.6 Å². The number of nitrogens with one attached hydrogen (secondary N) is 2. The van der Waals surface area contributed by atoms with Crippen molar-refractivity contribution in [3.05, 3.63) is 29.8 Å². The molecule has 0 saturated carbocycles. The van der Waals surface area contributed by atoms with Gasteiger partial charge in [-0.15, -0.1) is 0 Å². The van der Waals surface area contributed by atoms with Crippen LogP contribution in [-0.4, -0.2) is 62.9 Å². The van der Waals surface area contributed by atoms with Gasteiger partial charge in [-0.05, 0) is 44.5 Å². The summed E-state index contributed by atoms with van der Waals surface area (Å²) in [7, 11) is -3.65. The summed E-state index contributed by atoms with van der Waals surface area (Å²) in [5.74, 6) is -0.695. The molecule has 2 N–H and O–H groups in total. The maximum Gasteiger partial charge on any atom is 0.251 e. The third-order valence-electron chi connectivity index (χ3n) is 4.12. The van der Waals surface area contributed by atoms with Gasteiger partial charge in [-0.3, -0.25) is 9.59 Å². The number of carbonyl (C=O) groups is 2. The predicted molar refractivity (Wildman–Crippen MR) is 101 cm³/mol. The zero-order chi connectivity index (χ0) is 20.0. The Labute approximate surface area is 160 Å². The molecule has 8 nitrogen and oxygen atoms in total. The average molecular weight is 397 g/mol. The van der Waals surface area contributed by atoms with Crippen LogP contribution in [0.4, 0.5) is 0 Å². The molecule has 1 aromatic rings. The first-order valence-electron chi connectivity index (χ1n) is 9.04. The lowest BCUT2D eigenvalue weighted by atomic mass is 10.2. The molecule has 1 saturated heterocycles. The highest BCUT2D eigenvalue weighted by molar-refractivity contribution is 7.89. The molecule has 0 radical (unpaired) electrons. The number of nitrogens with zero attached hydrogens (tertiary/aromatic N) is 1. The first-order chi connectivity index (χ1) is 12.7. The van der Waals surface area contributed by atoms with E-state index in [0.717, 1.165) is 6.42 Å². The number of benzene rings is 1. The quantitative estimate of drug-likeness (QED) is 0.706. The SMILES string of the molecule is CCCNC(=O)CNC(=O)c1ccc(S(=O)(=O)N2C[C@@H](C)O[C@H](C)C2)cc1.